The molecule has 0 radical (unpaired) electrons. The number of unbranched alkanes of at least 4 members (excludes halogenated alkanes) is 2. The van der Waals surface area contributed by atoms with Crippen LogP contribution >= 0.6 is 12.6 Å². The number of benzene rings is 2. The molecule has 7 nitrogen and oxygen atoms in total. The van der Waals surface area contributed by atoms with Gasteiger partial charge >= 0.3 is 6.09 Å². The number of alkyl carbamates (subject to hydrolysis) is 1. The fraction of sp³-hybridized carbons (Fsp3) is 0.483. The van der Waals surface area contributed by atoms with Crippen LogP contribution in [-0.4, -0.2) is 46.7 Å². The number of carbonyl (C=O) groups is 3. The van der Waals surface area contributed by atoms with Crippen molar-refractivity contribution in [2.75, 3.05) is 17.6 Å². The fourth-order valence-electron chi connectivity index (χ4n) is 3.99. The standard InChI is InChI=1S/C29H41N3O4S/c1-7-8-13-18-32(27(34)24(19-37)31-28(35)36-29(4,5)6)25(22-16-11-9-14-20(22)2)26(33)30-23-17-12-10-15-21(23)3/h9-12,14-17,24-25,37H,7-8,13,18-19H2,1-6H3,(H,30,33)(H,31,35). The molecule has 2 unspecified atom stereocenters. The van der Waals surface area contributed by atoms with E-state index in [1.54, 1.807) is 25.7 Å². The van der Waals surface area contributed by atoms with E-state index in [4.69, 9.17) is 4.74 Å². The van der Waals surface area contributed by atoms with Crippen molar-refractivity contribution in [1.29, 1.82) is 0 Å². The molecule has 0 saturated carbocycles. The second-order valence-electron chi connectivity index (χ2n) is 10.2. The van der Waals surface area contributed by atoms with E-state index < -0.39 is 23.8 Å². The summed E-state index contributed by atoms with van der Waals surface area (Å²) in [7, 11) is 0. The highest BCUT2D eigenvalue weighted by Gasteiger charge is 2.36. The van der Waals surface area contributed by atoms with Crippen LogP contribution in [0.4, 0.5) is 10.5 Å². The number of nitrogens with zero attached hydrogens (tertiary/aromatic N) is 1. The second-order valence-corrected chi connectivity index (χ2v) is 10.5. The molecule has 0 aliphatic rings. The number of amides is 3. The van der Waals surface area contributed by atoms with Gasteiger partial charge in [-0.3, -0.25) is 9.59 Å². The maximum Gasteiger partial charge on any atom is 0.408 e. The molecule has 2 rings (SSSR count). The van der Waals surface area contributed by atoms with E-state index in [2.05, 4.69) is 30.2 Å². The van der Waals surface area contributed by atoms with Gasteiger partial charge in [0.15, 0.2) is 0 Å². The van der Waals surface area contributed by atoms with E-state index in [1.165, 1.54) is 0 Å². The molecular formula is C29H41N3O4S. The summed E-state index contributed by atoms with van der Waals surface area (Å²) in [5, 5.41) is 5.68. The molecule has 0 aliphatic carbocycles. The number of rotatable bonds is 11. The average Bonchev–Trinajstić information content (AvgIpc) is 2.83. The molecule has 0 fully saturated rings. The molecule has 2 N–H and O–H groups in total. The number of hydrogen-bond acceptors (Lipinski definition) is 5. The number of para-hydroxylation sites is 1. The largest absolute Gasteiger partial charge is 0.444 e. The van der Waals surface area contributed by atoms with Gasteiger partial charge in [-0.05, 0) is 63.8 Å². The molecule has 8 heteroatoms. The van der Waals surface area contributed by atoms with Gasteiger partial charge in [-0.1, -0.05) is 62.2 Å². The summed E-state index contributed by atoms with van der Waals surface area (Å²) in [5.74, 6) is -0.642. The summed E-state index contributed by atoms with van der Waals surface area (Å²) in [6.07, 6.45) is 1.87. The molecule has 2 aromatic rings. The first-order valence-electron chi connectivity index (χ1n) is 12.8. The molecule has 37 heavy (non-hydrogen) atoms. The number of aryl methyl sites for hydroxylation is 2. The van der Waals surface area contributed by atoms with Crippen molar-refractivity contribution < 1.29 is 19.1 Å². The highest BCUT2D eigenvalue weighted by Crippen LogP contribution is 2.28. The normalized spacial score (nSPS) is 12.8. The lowest BCUT2D eigenvalue weighted by atomic mass is 9.97. The van der Waals surface area contributed by atoms with Gasteiger partial charge in [-0.25, -0.2) is 4.79 Å². The number of anilines is 1. The van der Waals surface area contributed by atoms with Gasteiger partial charge in [0.25, 0.3) is 5.91 Å². The SMILES string of the molecule is CCCCCN(C(=O)C(CS)NC(=O)OC(C)(C)C)C(C(=O)Nc1ccccc1C)c1ccccc1C. The molecule has 202 valence electrons. The lowest BCUT2D eigenvalue weighted by Crippen LogP contribution is -2.53. The molecule has 0 heterocycles. The van der Waals surface area contributed by atoms with Gasteiger partial charge in [0.1, 0.15) is 17.7 Å². The average molecular weight is 528 g/mol. The Bertz CT molecular complexity index is 1070. The van der Waals surface area contributed by atoms with E-state index >= 15 is 0 Å². The Morgan fingerprint density at radius 3 is 2.16 bits per heavy atom. The molecule has 0 aliphatic heterocycles. The lowest BCUT2D eigenvalue weighted by Gasteiger charge is -2.35. The summed E-state index contributed by atoms with van der Waals surface area (Å²) >= 11 is 4.35. The maximum absolute atomic E-state index is 13.9. The molecular weight excluding hydrogens is 486 g/mol. The van der Waals surface area contributed by atoms with Crippen molar-refractivity contribution in [2.45, 2.75) is 78.5 Å². The van der Waals surface area contributed by atoms with Gasteiger partial charge in [-0.15, -0.1) is 0 Å². The topological polar surface area (TPSA) is 87.7 Å². The van der Waals surface area contributed by atoms with Gasteiger partial charge in [0.05, 0.1) is 0 Å². The fourth-order valence-corrected chi connectivity index (χ4v) is 4.24. The van der Waals surface area contributed by atoms with E-state index in [0.717, 1.165) is 29.5 Å². The van der Waals surface area contributed by atoms with Gasteiger partial charge in [-0.2, -0.15) is 12.6 Å². The van der Waals surface area contributed by atoms with Crippen LogP contribution in [0.2, 0.25) is 0 Å². The van der Waals surface area contributed by atoms with Crippen LogP contribution in [-0.2, 0) is 14.3 Å². The highest BCUT2D eigenvalue weighted by molar-refractivity contribution is 7.80. The number of thiol groups is 1. The maximum atomic E-state index is 13.9. The Kier molecular flexibility index (Phi) is 11.5. The van der Waals surface area contributed by atoms with Crippen molar-refractivity contribution in [3.05, 3.63) is 65.2 Å². The Labute approximate surface area is 226 Å². The number of ether oxygens (including phenoxy) is 1. The Morgan fingerprint density at radius 1 is 0.973 bits per heavy atom. The van der Waals surface area contributed by atoms with E-state index in [9.17, 15) is 14.4 Å². The molecule has 2 aromatic carbocycles. The monoisotopic (exact) mass is 527 g/mol. The third-order valence-electron chi connectivity index (χ3n) is 5.90. The Hall–Kier alpha value is -3.00. The third-order valence-corrected chi connectivity index (χ3v) is 6.27. The number of carbonyl (C=O) groups excluding carboxylic acids is 3. The first-order valence-corrected chi connectivity index (χ1v) is 13.4. The third kappa shape index (κ3) is 9.11. The smallest absolute Gasteiger partial charge is 0.408 e. The van der Waals surface area contributed by atoms with Crippen LogP contribution in [0.5, 0.6) is 0 Å². The van der Waals surface area contributed by atoms with Crippen LogP contribution in [0.25, 0.3) is 0 Å². The Morgan fingerprint density at radius 2 is 1.59 bits per heavy atom. The van der Waals surface area contributed by atoms with Crippen molar-refractivity contribution in [2.24, 2.45) is 0 Å². The predicted octanol–water partition coefficient (Wildman–Crippen LogP) is 5.83. The molecule has 0 spiro atoms. The van der Waals surface area contributed by atoms with Crippen molar-refractivity contribution >= 4 is 36.2 Å². The first-order chi connectivity index (χ1) is 17.5. The lowest BCUT2D eigenvalue weighted by molar-refractivity contribution is -0.140. The molecule has 0 bridgehead atoms. The summed E-state index contributed by atoms with van der Waals surface area (Å²) in [6, 6.07) is 13.2. The molecule has 2 atom stereocenters. The minimum Gasteiger partial charge on any atom is -0.444 e. The minimum absolute atomic E-state index is 0.0578. The number of hydrogen-bond donors (Lipinski definition) is 3. The first kappa shape index (κ1) is 30.2. The minimum atomic E-state index is -0.961. The second kappa shape index (κ2) is 14.1. The van der Waals surface area contributed by atoms with Gasteiger partial charge in [0.2, 0.25) is 5.91 Å². The molecule has 0 saturated heterocycles. The summed E-state index contributed by atoms with van der Waals surface area (Å²) < 4.78 is 5.37. The van der Waals surface area contributed by atoms with E-state index in [1.807, 2.05) is 62.4 Å². The van der Waals surface area contributed by atoms with Crippen LogP contribution in [0.1, 0.15) is 69.7 Å². The summed E-state index contributed by atoms with van der Waals surface area (Å²) in [6.45, 7) is 11.5. The van der Waals surface area contributed by atoms with Crippen molar-refractivity contribution in [1.82, 2.24) is 10.2 Å². The van der Waals surface area contributed by atoms with Crippen LogP contribution in [0, 0.1) is 13.8 Å². The predicted molar refractivity (Wildman–Crippen MR) is 152 cm³/mol. The zero-order valence-corrected chi connectivity index (χ0v) is 23.7. The van der Waals surface area contributed by atoms with Crippen LogP contribution in [0.3, 0.4) is 0 Å². The van der Waals surface area contributed by atoms with Crippen LogP contribution in [0.15, 0.2) is 48.5 Å². The molecule has 3 amide bonds. The van der Waals surface area contributed by atoms with E-state index in [-0.39, 0.29) is 17.6 Å². The van der Waals surface area contributed by atoms with Gasteiger partial charge in [0, 0.05) is 18.0 Å². The summed E-state index contributed by atoms with van der Waals surface area (Å²) in [4.78, 5) is 41.9. The Balaban J connectivity index is 2.49. The number of nitrogens with one attached hydrogen (secondary N) is 2. The zero-order chi connectivity index (χ0) is 27.6. The zero-order valence-electron chi connectivity index (χ0n) is 22.8. The highest BCUT2D eigenvalue weighted by atomic mass is 32.1. The summed E-state index contributed by atoms with van der Waals surface area (Å²) in [5.41, 5.74) is 2.51. The van der Waals surface area contributed by atoms with E-state index in [0.29, 0.717) is 18.7 Å². The molecule has 0 aromatic heterocycles. The van der Waals surface area contributed by atoms with Crippen molar-refractivity contribution in [3.63, 3.8) is 0 Å². The van der Waals surface area contributed by atoms with Gasteiger partial charge < -0.3 is 20.3 Å². The van der Waals surface area contributed by atoms with Crippen molar-refractivity contribution in [3.8, 4) is 0 Å². The van der Waals surface area contributed by atoms with Crippen LogP contribution < -0.4 is 10.6 Å². The quantitative estimate of drug-likeness (QED) is 0.254.